The summed E-state index contributed by atoms with van der Waals surface area (Å²) in [6, 6.07) is 12.4. The van der Waals surface area contributed by atoms with Gasteiger partial charge in [-0.1, -0.05) is 23.7 Å². The van der Waals surface area contributed by atoms with E-state index in [0.717, 1.165) is 0 Å². The summed E-state index contributed by atoms with van der Waals surface area (Å²) < 4.78 is 13.3. The smallest absolute Gasteiger partial charge is 0.239 e. The van der Waals surface area contributed by atoms with Crippen LogP contribution in [0.15, 0.2) is 48.5 Å². The molecule has 0 fully saturated rings. The van der Waals surface area contributed by atoms with Crippen molar-refractivity contribution >= 4 is 29.1 Å². The lowest BCUT2D eigenvalue weighted by atomic mass is 10.2. The number of amides is 2. The van der Waals surface area contributed by atoms with E-state index >= 15 is 0 Å². The molecule has 0 aliphatic heterocycles. The SMILES string of the molecule is C[C@@H](C(=O)N(C)Cc1cccc(F)c1)N(C)CC(=O)Nc1ccc(Cl)cc1. The van der Waals surface area contributed by atoms with Crippen LogP contribution in [0.1, 0.15) is 12.5 Å². The molecule has 0 radical (unpaired) electrons. The number of benzene rings is 2. The van der Waals surface area contributed by atoms with Crippen LogP contribution in [0.25, 0.3) is 0 Å². The van der Waals surface area contributed by atoms with Crippen LogP contribution in [-0.4, -0.2) is 48.3 Å². The highest BCUT2D eigenvalue weighted by Crippen LogP contribution is 2.13. The minimum absolute atomic E-state index is 0.0589. The monoisotopic (exact) mass is 391 g/mol. The van der Waals surface area contributed by atoms with Crippen molar-refractivity contribution in [1.82, 2.24) is 9.80 Å². The number of hydrogen-bond acceptors (Lipinski definition) is 3. The number of rotatable bonds is 7. The number of nitrogens with one attached hydrogen (secondary N) is 1. The predicted octanol–water partition coefficient (Wildman–Crippen LogP) is 3.40. The number of carbonyl (C=O) groups is 2. The van der Waals surface area contributed by atoms with Crippen molar-refractivity contribution in [3.8, 4) is 0 Å². The van der Waals surface area contributed by atoms with Gasteiger partial charge in [0.15, 0.2) is 0 Å². The minimum Gasteiger partial charge on any atom is -0.340 e. The van der Waals surface area contributed by atoms with Gasteiger partial charge in [0.25, 0.3) is 0 Å². The Morgan fingerprint density at radius 2 is 1.81 bits per heavy atom. The molecular formula is C20H23ClFN3O2. The van der Waals surface area contributed by atoms with Crippen LogP contribution in [0.4, 0.5) is 10.1 Å². The largest absolute Gasteiger partial charge is 0.340 e. The molecule has 0 unspecified atom stereocenters. The van der Waals surface area contributed by atoms with E-state index in [1.807, 2.05) is 0 Å². The number of hydrogen-bond donors (Lipinski definition) is 1. The van der Waals surface area contributed by atoms with Crippen LogP contribution in [0.2, 0.25) is 5.02 Å². The van der Waals surface area contributed by atoms with E-state index < -0.39 is 6.04 Å². The van der Waals surface area contributed by atoms with Gasteiger partial charge in [0, 0.05) is 24.3 Å². The first-order valence-corrected chi connectivity index (χ1v) is 8.89. The maximum Gasteiger partial charge on any atom is 0.239 e. The summed E-state index contributed by atoms with van der Waals surface area (Å²) >= 11 is 5.82. The van der Waals surface area contributed by atoms with Crippen molar-refractivity contribution in [2.45, 2.75) is 19.5 Å². The molecule has 0 spiro atoms. The lowest BCUT2D eigenvalue weighted by Gasteiger charge is -2.28. The Balaban J connectivity index is 1.88. The van der Waals surface area contributed by atoms with E-state index in [2.05, 4.69) is 5.32 Å². The Kier molecular flexibility index (Phi) is 7.33. The number of carbonyl (C=O) groups excluding carboxylic acids is 2. The first-order chi connectivity index (χ1) is 12.8. The molecule has 1 atom stereocenters. The van der Waals surface area contributed by atoms with E-state index in [-0.39, 0.29) is 24.2 Å². The second-order valence-corrected chi connectivity index (χ2v) is 6.91. The van der Waals surface area contributed by atoms with Crippen molar-refractivity contribution in [3.05, 3.63) is 64.9 Å². The lowest BCUT2D eigenvalue weighted by Crippen LogP contribution is -2.46. The summed E-state index contributed by atoms with van der Waals surface area (Å²) in [5, 5.41) is 3.35. The van der Waals surface area contributed by atoms with Gasteiger partial charge in [-0.25, -0.2) is 4.39 Å². The third kappa shape index (κ3) is 6.34. The van der Waals surface area contributed by atoms with Crippen LogP contribution in [0.3, 0.4) is 0 Å². The number of likely N-dealkylation sites (N-methyl/N-ethyl adjacent to an activating group) is 2. The molecule has 27 heavy (non-hydrogen) atoms. The molecule has 2 aromatic rings. The van der Waals surface area contributed by atoms with Crippen molar-refractivity contribution < 1.29 is 14.0 Å². The van der Waals surface area contributed by atoms with Crippen LogP contribution in [0.5, 0.6) is 0 Å². The summed E-state index contributed by atoms with van der Waals surface area (Å²) in [5.74, 6) is -0.717. The third-order valence-electron chi connectivity index (χ3n) is 4.22. The topological polar surface area (TPSA) is 52.7 Å². The minimum atomic E-state index is -0.500. The zero-order valence-electron chi connectivity index (χ0n) is 15.6. The fourth-order valence-corrected chi connectivity index (χ4v) is 2.72. The second-order valence-electron chi connectivity index (χ2n) is 6.47. The van der Waals surface area contributed by atoms with E-state index in [1.54, 1.807) is 62.3 Å². The van der Waals surface area contributed by atoms with Crippen LogP contribution in [0, 0.1) is 5.82 Å². The lowest BCUT2D eigenvalue weighted by molar-refractivity contribution is -0.135. The van der Waals surface area contributed by atoms with Gasteiger partial charge in [-0.05, 0) is 55.9 Å². The summed E-state index contributed by atoms with van der Waals surface area (Å²) in [6.07, 6.45) is 0. The predicted molar refractivity (Wildman–Crippen MR) is 105 cm³/mol. The number of anilines is 1. The van der Waals surface area contributed by atoms with E-state index in [1.165, 1.54) is 17.0 Å². The zero-order valence-corrected chi connectivity index (χ0v) is 16.3. The summed E-state index contributed by atoms with van der Waals surface area (Å²) in [6.45, 7) is 2.09. The molecule has 0 aromatic heterocycles. The van der Waals surface area contributed by atoms with E-state index in [9.17, 15) is 14.0 Å². The van der Waals surface area contributed by atoms with Gasteiger partial charge >= 0.3 is 0 Å². The molecule has 7 heteroatoms. The molecule has 144 valence electrons. The average Bonchev–Trinajstić information content (AvgIpc) is 2.62. The first kappa shape index (κ1) is 20.9. The van der Waals surface area contributed by atoms with Crippen LogP contribution < -0.4 is 5.32 Å². The molecule has 0 aliphatic carbocycles. The summed E-state index contributed by atoms with van der Waals surface area (Å²) in [5.41, 5.74) is 1.35. The van der Waals surface area contributed by atoms with Gasteiger partial charge in [0.1, 0.15) is 5.82 Å². The van der Waals surface area contributed by atoms with Crippen molar-refractivity contribution in [2.24, 2.45) is 0 Å². The van der Waals surface area contributed by atoms with Crippen molar-refractivity contribution in [1.29, 1.82) is 0 Å². The van der Waals surface area contributed by atoms with Gasteiger partial charge in [0.2, 0.25) is 11.8 Å². The van der Waals surface area contributed by atoms with Gasteiger partial charge < -0.3 is 10.2 Å². The zero-order chi connectivity index (χ0) is 20.0. The molecule has 0 bridgehead atoms. The summed E-state index contributed by atoms with van der Waals surface area (Å²) in [7, 11) is 3.37. The number of halogens is 2. The Morgan fingerprint density at radius 1 is 1.15 bits per heavy atom. The fourth-order valence-electron chi connectivity index (χ4n) is 2.59. The molecule has 0 saturated heterocycles. The molecular weight excluding hydrogens is 369 g/mol. The highest BCUT2D eigenvalue weighted by Gasteiger charge is 2.23. The van der Waals surface area contributed by atoms with Crippen molar-refractivity contribution in [3.63, 3.8) is 0 Å². The highest BCUT2D eigenvalue weighted by atomic mass is 35.5. The average molecular weight is 392 g/mol. The molecule has 0 aliphatic rings. The van der Waals surface area contributed by atoms with Gasteiger partial charge in [0.05, 0.1) is 12.6 Å². The summed E-state index contributed by atoms with van der Waals surface area (Å²) in [4.78, 5) is 28.0. The van der Waals surface area contributed by atoms with Crippen LogP contribution in [-0.2, 0) is 16.1 Å². The molecule has 2 amide bonds. The van der Waals surface area contributed by atoms with Gasteiger partial charge in [-0.15, -0.1) is 0 Å². The quantitative estimate of drug-likeness (QED) is 0.787. The number of nitrogens with zero attached hydrogens (tertiary/aromatic N) is 2. The Labute approximate surface area is 163 Å². The Morgan fingerprint density at radius 3 is 2.44 bits per heavy atom. The molecule has 5 nitrogen and oxygen atoms in total. The highest BCUT2D eigenvalue weighted by molar-refractivity contribution is 6.30. The van der Waals surface area contributed by atoms with E-state index in [0.29, 0.717) is 22.8 Å². The normalized spacial score (nSPS) is 11.9. The maximum atomic E-state index is 13.3. The molecule has 2 rings (SSSR count). The van der Waals surface area contributed by atoms with E-state index in [4.69, 9.17) is 11.6 Å². The molecule has 0 saturated carbocycles. The second kappa shape index (κ2) is 9.48. The Bertz CT molecular complexity index is 798. The third-order valence-corrected chi connectivity index (χ3v) is 4.48. The first-order valence-electron chi connectivity index (χ1n) is 8.51. The molecule has 1 N–H and O–H groups in total. The standard InChI is InChI=1S/C20H23ClFN3O2/c1-14(20(27)25(3)12-15-5-4-6-17(22)11-15)24(2)13-19(26)23-18-9-7-16(21)8-10-18/h4-11,14H,12-13H2,1-3H3,(H,23,26)/t14-/m0/s1. The van der Waals surface area contributed by atoms with Crippen molar-refractivity contribution in [2.75, 3.05) is 26.0 Å². The molecule has 0 heterocycles. The van der Waals surface area contributed by atoms with Gasteiger partial charge in [-0.2, -0.15) is 0 Å². The van der Waals surface area contributed by atoms with Crippen LogP contribution >= 0.6 is 11.6 Å². The maximum absolute atomic E-state index is 13.3. The van der Waals surface area contributed by atoms with Gasteiger partial charge in [-0.3, -0.25) is 14.5 Å². The fraction of sp³-hybridized carbons (Fsp3) is 0.300. The Hall–Kier alpha value is -2.44. The molecule has 2 aromatic carbocycles.